The van der Waals surface area contributed by atoms with Crippen LogP contribution >= 0.6 is 0 Å². The van der Waals surface area contributed by atoms with E-state index in [-0.39, 0.29) is 0 Å². The third-order valence-corrected chi connectivity index (χ3v) is 4.83. The van der Waals surface area contributed by atoms with Gasteiger partial charge in [-0.25, -0.2) is 4.98 Å². The zero-order chi connectivity index (χ0) is 14.1. The van der Waals surface area contributed by atoms with Crippen LogP contribution in [0.5, 0.6) is 0 Å². The fraction of sp³-hybridized carbons (Fsp3) is 0.471. The lowest BCUT2D eigenvalue weighted by molar-refractivity contribution is 0.187. The van der Waals surface area contributed by atoms with Crippen molar-refractivity contribution in [3.8, 4) is 5.69 Å². The molecule has 0 bridgehead atoms. The van der Waals surface area contributed by atoms with Gasteiger partial charge in [0.05, 0.1) is 0 Å². The molecule has 4 rings (SSSR count). The average molecular weight is 282 g/mol. The van der Waals surface area contributed by atoms with Gasteiger partial charge < -0.3 is 10.2 Å². The van der Waals surface area contributed by atoms with E-state index in [1.54, 1.807) is 0 Å². The molecule has 2 atom stereocenters. The lowest BCUT2D eigenvalue weighted by atomic mass is 9.98. The zero-order valence-electron chi connectivity index (χ0n) is 12.3. The summed E-state index contributed by atoms with van der Waals surface area (Å²) < 4.78 is 2.14. The number of aromatic nitrogens is 2. The molecule has 1 N–H and O–H groups in total. The summed E-state index contributed by atoms with van der Waals surface area (Å²) in [6.45, 7) is 2.53. The number of hydrogen-bond acceptors (Lipinski definition) is 3. The van der Waals surface area contributed by atoms with Gasteiger partial charge in [0.2, 0.25) is 5.95 Å². The number of anilines is 1. The van der Waals surface area contributed by atoms with Gasteiger partial charge in [-0.1, -0.05) is 18.2 Å². The Morgan fingerprint density at radius 3 is 2.90 bits per heavy atom. The summed E-state index contributed by atoms with van der Waals surface area (Å²) in [5.74, 6) is 0.970. The zero-order valence-corrected chi connectivity index (χ0v) is 12.3. The highest BCUT2D eigenvalue weighted by atomic mass is 15.2. The molecular weight excluding hydrogens is 260 g/mol. The smallest absolute Gasteiger partial charge is 0.207 e. The van der Waals surface area contributed by atoms with Crippen molar-refractivity contribution in [1.82, 2.24) is 14.5 Å². The molecule has 0 radical (unpaired) electrons. The molecule has 4 heteroatoms. The first-order valence-electron chi connectivity index (χ1n) is 7.99. The van der Waals surface area contributed by atoms with Crippen LogP contribution < -0.4 is 5.32 Å². The maximum atomic E-state index is 4.51. The number of nitrogens with zero attached hydrogens (tertiary/aromatic N) is 3. The van der Waals surface area contributed by atoms with Crippen LogP contribution in [0.4, 0.5) is 5.95 Å². The molecule has 2 aromatic rings. The number of hydrogen-bond donors (Lipinski definition) is 1. The van der Waals surface area contributed by atoms with E-state index in [1.807, 2.05) is 18.5 Å². The second-order valence-corrected chi connectivity index (χ2v) is 6.15. The summed E-state index contributed by atoms with van der Waals surface area (Å²) >= 11 is 0. The molecule has 2 unspecified atom stereocenters. The maximum absolute atomic E-state index is 4.51. The second kappa shape index (κ2) is 5.53. The highest BCUT2D eigenvalue weighted by molar-refractivity contribution is 5.42. The summed E-state index contributed by atoms with van der Waals surface area (Å²) in [5.41, 5.74) is 1.16. The van der Waals surface area contributed by atoms with Crippen LogP contribution in [0.25, 0.3) is 5.69 Å². The maximum Gasteiger partial charge on any atom is 0.207 e. The van der Waals surface area contributed by atoms with Gasteiger partial charge in [-0.05, 0) is 44.4 Å². The van der Waals surface area contributed by atoms with Crippen molar-refractivity contribution in [2.24, 2.45) is 0 Å². The molecule has 0 amide bonds. The first-order valence-corrected chi connectivity index (χ1v) is 7.99. The van der Waals surface area contributed by atoms with Crippen LogP contribution in [0.1, 0.15) is 25.7 Å². The van der Waals surface area contributed by atoms with Crippen LogP contribution in [-0.2, 0) is 0 Å². The van der Waals surface area contributed by atoms with Gasteiger partial charge in [0.15, 0.2) is 0 Å². The topological polar surface area (TPSA) is 33.1 Å². The lowest BCUT2D eigenvalue weighted by Gasteiger charge is -2.35. The largest absolute Gasteiger partial charge is 0.353 e. The molecule has 1 aromatic carbocycles. The summed E-state index contributed by atoms with van der Waals surface area (Å²) in [5, 5.41) is 3.67. The first-order chi connectivity index (χ1) is 10.4. The molecule has 3 heterocycles. The minimum absolute atomic E-state index is 0.550. The Balaban J connectivity index is 1.49. The molecule has 21 heavy (non-hydrogen) atoms. The van der Waals surface area contributed by atoms with Crippen LogP contribution in [0.15, 0.2) is 42.7 Å². The van der Waals surface area contributed by atoms with E-state index in [0.717, 1.165) is 17.7 Å². The van der Waals surface area contributed by atoms with Crippen molar-refractivity contribution < 1.29 is 0 Å². The fourth-order valence-electron chi connectivity index (χ4n) is 3.75. The van der Waals surface area contributed by atoms with E-state index in [4.69, 9.17) is 0 Å². The second-order valence-electron chi connectivity index (χ2n) is 6.15. The van der Waals surface area contributed by atoms with E-state index in [9.17, 15) is 0 Å². The van der Waals surface area contributed by atoms with Crippen molar-refractivity contribution in [1.29, 1.82) is 0 Å². The Labute approximate surface area is 125 Å². The third kappa shape index (κ3) is 2.56. The minimum Gasteiger partial charge on any atom is -0.353 e. The van der Waals surface area contributed by atoms with Crippen molar-refractivity contribution in [2.45, 2.75) is 37.8 Å². The lowest BCUT2D eigenvalue weighted by Crippen LogP contribution is -2.43. The summed E-state index contributed by atoms with van der Waals surface area (Å²) in [6.07, 6.45) is 9.11. The molecule has 4 nitrogen and oxygen atoms in total. The van der Waals surface area contributed by atoms with Gasteiger partial charge in [-0.15, -0.1) is 0 Å². The Morgan fingerprint density at radius 2 is 2.00 bits per heavy atom. The predicted octanol–water partition coefficient (Wildman–Crippen LogP) is 2.91. The summed E-state index contributed by atoms with van der Waals surface area (Å²) in [4.78, 5) is 7.17. The number of rotatable bonds is 3. The Hall–Kier alpha value is -1.81. The summed E-state index contributed by atoms with van der Waals surface area (Å²) in [6, 6.07) is 11.7. The standard InChI is InChI=1S/C17H22N4/c1-2-5-15(6-3-1)21-12-9-18-17(21)19-14-8-11-20-10-4-7-16(20)13-14/h1-3,5-6,9,12,14,16H,4,7-8,10-11,13H2,(H,18,19). The molecule has 0 spiro atoms. The normalized spacial score (nSPS) is 25.7. The number of imidazole rings is 1. The van der Waals surface area contributed by atoms with Gasteiger partial charge in [-0.3, -0.25) is 4.57 Å². The van der Waals surface area contributed by atoms with Gasteiger partial charge in [0.1, 0.15) is 0 Å². The fourth-order valence-corrected chi connectivity index (χ4v) is 3.75. The van der Waals surface area contributed by atoms with E-state index in [2.05, 4.69) is 44.0 Å². The molecule has 2 aliphatic rings. The molecule has 0 saturated carbocycles. The molecule has 2 saturated heterocycles. The van der Waals surface area contributed by atoms with Crippen LogP contribution in [0.3, 0.4) is 0 Å². The van der Waals surface area contributed by atoms with Crippen LogP contribution in [-0.4, -0.2) is 39.6 Å². The number of nitrogens with one attached hydrogen (secondary N) is 1. The Morgan fingerprint density at radius 1 is 1.10 bits per heavy atom. The van der Waals surface area contributed by atoms with Crippen molar-refractivity contribution in [3.63, 3.8) is 0 Å². The van der Waals surface area contributed by atoms with Crippen molar-refractivity contribution >= 4 is 5.95 Å². The molecule has 1 aromatic heterocycles. The van der Waals surface area contributed by atoms with E-state index in [1.165, 1.54) is 38.8 Å². The summed E-state index contributed by atoms with van der Waals surface area (Å²) in [7, 11) is 0. The average Bonchev–Trinajstić information content (AvgIpc) is 3.16. The highest BCUT2D eigenvalue weighted by Crippen LogP contribution is 2.28. The van der Waals surface area contributed by atoms with E-state index >= 15 is 0 Å². The SMILES string of the molecule is c1ccc(-n2ccnc2NC2CCN3CCCC3C2)cc1. The highest BCUT2D eigenvalue weighted by Gasteiger charge is 2.31. The number of piperidine rings is 1. The van der Waals surface area contributed by atoms with Gasteiger partial charge in [-0.2, -0.15) is 0 Å². The van der Waals surface area contributed by atoms with Crippen molar-refractivity contribution in [2.75, 3.05) is 18.4 Å². The Kier molecular flexibility index (Phi) is 3.39. The van der Waals surface area contributed by atoms with Crippen molar-refractivity contribution in [3.05, 3.63) is 42.7 Å². The van der Waals surface area contributed by atoms with E-state index in [0.29, 0.717) is 6.04 Å². The monoisotopic (exact) mass is 282 g/mol. The predicted molar refractivity (Wildman–Crippen MR) is 84.8 cm³/mol. The van der Waals surface area contributed by atoms with Gasteiger partial charge in [0, 0.05) is 36.7 Å². The molecule has 2 aliphatic heterocycles. The number of benzene rings is 1. The molecule has 0 aliphatic carbocycles. The third-order valence-electron chi connectivity index (χ3n) is 4.83. The minimum atomic E-state index is 0.550. The van der Waals surface area contributed by atoms with Gasteiger partial charge >= 0.3 is 0 Å². The van der Waals surface area contributed by atoms with Gasteiger partial charge in [0.25, 0.3) is 0 Å². The molecular formula is C17H22N4. The molecule has 110 valence electrons. The first kappa shape index (κ1) is 12.9. The van der Waals surface area contributed by atoms with Crippen LogP contribution in [0, 0.1) is 0 Å². The Bertz CT molecular complexity index is 592. The van der Waals surface area contributed by atoms with Crippen LogP contribution in [0.2, 0.25) is 0 Å². The number of fused-ring (bicyclic) bond motifs is 1. The number of para-hydroxylation sites is 1. The molecule has 2 fully saturated rings. The quantitative estimate of drug-likeness (QED) is 0.939. The van der Waals surface area contributed by atoms with E-state index < -0.39 is 0 Å².